The van der Waals surface area contributed by atoms with E-state index in [-0.39, 0.29) is 11.8 Å². The van der Waals surface area contributed by atoms with Crippen LogP contribution in [0.4, 0.5) is 5.82 Å². The van der Waals surface area contributed by atoms with Crippen molar-refractivity contribution in [3.05, 3.63) is 47.7 Å². The van der Waals surface area contributed by atoms with Crippen LogP contribution in [0.3, 0.4) is 0 Å². The SMILES string of the molecule is Cc1cc(NC(=O)[C@H]2C[C@H]2c2ccccc2)no1. The Morgan fingerprint density at radius 2 is 2.17 bits per heavy atom. The largest absolute Gasteiger partial charge is 0.360 e. The third-order valence-electron chi connectivity index (χ3n) is 3.23. The van der Waals surface area contributed by atoms with Gasteiger partial charge >= 0.3 is 0 Å². The smallest absolute Gasteiger partial charge is 0.229 e. The number of benzene rings is 1. The molecule has 18 heavy (non-hydrogen) atoms. The van der Waals surface area contributed by atoms with Gasteiger partial charge in [0, 0.05) is 12.0 Å². The Hall–Kier alpha value is -2.10. The Labute approximate surface area is 105 Å². The fourth-order valence-electron chi connectivity index (χ4n) is 2.20. The minimum atomic E-state index is 0.0251. The van der Waals surface area contributed by atoms with Gasteiger partial charge in [-0.25, -0.2) is 0 Å². The topological polar surface area (TPSA) is 55.1 Å². The molecule has 0 spiro atoms. The van der Waals surface area contributed by atoms with Gasteiger partial charge in [0.05, 0.1) is 0 Å². The third kappa shape index (κ3) is 2.14. The highest BCUT2D eigenvalue weighted by molar-refractivity contribution is 5.94. The van der Waals surface area contributed by atoms with Crippen molar-refractivity contribution >= 4 is 11.7 Å². The summed E-state index contributed by atoms with van der Waals surface area (Å²) in [6.07, 6.45) is 0.909. The van der Waals surface area contributed by atoms with Crippen molar-refractivity contribution in [1.29, 1.82) is 0 Å². The van der Waals surface area contributed by atoms with Gasteiger partial charge in [-0.1, -0.05) is 35.5 Å². The number of hydrogen-bond donors (Lipinski definition) is 1. The summed E-state index contributed by atoms with van der Waals surface area (Å²) in [5, 5.41) is 6.54. The molecule has 2 atom stereocenters. The lowest BCUT2D eigenvalue weighted by atomic mass is 10.1. The maximum absolute atomic E-state index is 12.0. The molecule has 4 heteroatoms. The van der Waals surface area contributed by atoms with Crippen molar-refractivity contribution in [3.8, 4) is 0 Å². The van der Waals surface area contributed by atoms with Gasteiger partial charge in [0.1, 0.15) is 5.76 Å². The Morgan fingerprint density at radius 3 is 2.83 bits per heavy atom. The van der Waals surface area contributed by atoms with Crippen LogP contribution in [0.5, 0.6) is 0 Å². The van der Waals surface area contributed by atoms with E-state index in [1.165, 1.54) is 5.56 Å². The standard InChI is InChI=1S/C14H14N2O2/c1-9-7-13(16-18-9)15-14(17)12-8-11(12)10-5-3-2-4-6-10/h2-7,11-12H,8H2,1H3,(H,15,16,17)/t11-,12-/m0/s1. The lowest BCUT2D eigenvalue weighted by Crippen LogP contribution is -2.14. The molecule has 0 aliphatic heterocycles. The fraction of sp³-hybridized carbons (Fsp3) is 0.286. The molecule has 1 aliphatic carbocycles. The van der Waals surface area contributed by atoms with Gasteiger partial charge in [0.25, 0.3) is 0 Å². The van der Waals surface area contributed by atoms with E-state index >= 15 is 0 Å². The van der Waals surface area contributed by atoms with Gasteiger partial charge < -0.3 is 9.84 Å². The summed E-state index contributed by atoms with van der Waals surface area (Å²) in [6.45, 7) is 1.80. The number of carbonyl (C=O) groups excluding carboxylic acids is 1. The summed E-state index contributed by atoms with van der Waals surface area (Å²) in [7, 11) is 0. The highest BCUT2D eigenvalue weighted by Gasteiger charge is 2.43. The molecule has 1 fully saturated rings. The minimum Gasteiger partial charge on any atom is -0.360 e. The molecule has 1 aromatic heterocycles. The first-order valence-corrected chi connectivity index (χ1v) is 6.03. The van der Waals surface area contributed by atoms with Gasteiger partial charge in [-0.2, -0.15) is 0 Å². The van der Waals surface area contributed by atoms with Gasteiger partial charge in [-0.05, 0) is 24.8 Å². The summed E-state index contributed by atoms with van der Waals surface area (Å²) in [5.74, 6) is 1.62. The van der Waals surface area contributed by atoms with Crippen LogP contribution in [0.2, 0.25) is 0 Å². The first kappa shape index (κ1) is 11.0. The zero-order valence-corrected chi connectivity index (χ0v) is 10.1. The number of nitrogens with one attached hydrogen (secondary N) is 1. The maximum atomic E-state index is 12.0. The molecule has 0 saturated heterocycles. The average Bonchev–Trinajstić information content (AvgIpc) is 3.09. The summed E-state index contributed by atoms with van der Waals surface area (Å²) >= 11 is 0. The molecule has 1 N–H and O–H groups in total. The van der Waals surface area contributed by atoms with Crippen LogP contribution >= 0.6 is 0 Å². The number of amides is 1. The number of rotatable bonds is 3. The molecule has 4 nitrogen and oxygen atoms in total. The molecule has 1 aliphatic rings. The van der Waals surface area contributed by atoms with Crippen LogP contribution < -0.4 is 5.32 Å². The Balaban J connectivity index is 1.63. The molecule has 0 radical (unpaired) electrons. The van der Waals surface area contributed by atoms with Crippen LogP contribution in [0.15, 0.2) is 40.9 Å². The predicted molar refractivity (Wildman–Crippen MR) is 67.2 cm³/mol. The van der Waals surface area contributed by atoms with Crippen molar-refractivity contribution < 1.29 is 9.32 Å². The molecule has 1 amide bonds. The van der Waals surface area contributed by atoms with E-state index in [0.717, 1.165) is 6.42 Å². The van der Waals surface area contributed by atoms with E-state index in [4.69, 9.17) is 4.52 Å². The Bertz CT molecular complexity index is 562. The molecule has 0 unspecified atom stereocenters. The van der Waals surface area contributed by atoms with Crippen molar-refractivity contribution in [2.45, 2.75) is 19.3 Å². The van der Waals surface area contributed by atoms with Gasteiger partial charge in [-0.15, -0.1) is 0 Å². The Morgan fingerprint density at radius 1 is 1.39 bits per heavy atom. The van der Waals surface area contributed by atoms with Crippen LogP contribution in [0.1, 0.15) is 23.7 Å². The van der Waals surface area contributed by atoms with Crippen LogP contribution in [-0.4, -0.2) is 11.1 Å². The van der Waals surface area contributed by atoms with E-state index in [2.05, 4.69) is 22.6 Å². The van der Waals surface area contributed by atoms with Gasteiger partial charge in [0.2, 0.25) is 5.91 Å². The molecular weight excluding hydrogens is 228 g/mol. The normalized spacial score (nSPS) is 21.6. The van der Waals surface area contributed by atoms with Gasteiger partial charge in [-0.3, -0.25) is 4.79 Å². The molecule has 3 rings (SSSR count). The van der Waals surface area contributed by atoms with Crippen molar-refractivity contribution in [2.75, 3.05) is 5.32 Å². The van der Waals surface area contributed by atoms with Crippen molar-refractivity contribution in [1.82, 2.24) is 5.16 Å². The molecule has 0 bridgehead atoms. The maximum Gasteiger partial charge on any atom is 0.229 e. The zero-order valence-electron chi connectivity index (χ0n) is 10.1. The molecule has 2 aromatic rings. The highest BCUT2D eigenvalue weighted by Crippen LogP contribution is 2.47. The molecule has 1 saturated carbocycles. The molecule has 1 heterocycles. The molecule has 1 aromatic carbocycles. The molecule has 92 valence electrons. The van der Waals surface area contributed by atoms with E-state index in [9.17, 15) is 4.79 Å². The van der Waals surface area contributed by atoms with Crippen molar-refractivity contribution in [2.24, 2.45) is 5.92 Å². The monoisotopic (exact) mass is 242 g/mol. The number of aryl methyl sites for hydroxylation is 1. The van der Waals surface area contributed by atoms with E-state index < -0.39 is 0 Å². The predicted octanol–water partition coefficient (Wildman–Crippen LogP) is 2.73. The Kier molecular flexibility index (Phi) is 2.63. The second kappa shape index (κ2) is 4.29. The summed E-state index contributed by atoms with van der Waals surface area (Å²) < 4.78 is 4.91. The lowest BCUT2D eigenvalue weighted by Gasteiger charge is -2.00. The number of nitrogens with zero attached hydrogens (tertiary/aromatic N) is 1. The second-order valence-electron chi connectivity index (χ2n) is 4.67. The summed E-state index contributed by atoms with van der Waals surface area (Å²) in [4.78, 5) is 12.0. The minimum absolute atomic E-state index is 0.0251. The molecular formula is C14H14N2O2. The third-order valence-corrected chi connectivity index (χ3v) is 3.23. The first-order chi connectivity index (χ1) is 8.74. The van der Waals surface area contributed by atoms with Crippen molar-refractivity contribution in [3.63, 3.8) is 0 Å². The van der Waals surface area contributed by atoms with E-state index in [0.29, 0.717) is 17.5 Å². The van der Waals surface area contributed by atoms with E-state index in [1.807, 2.05) is 18.2 Å². The number of carbonyl (C=O) groups is 1. The quantitative estimate of drug-likeness (QED) is 0.900. The fourth-order valence-corrected chi connectivity index (χ4v) is 2.20. The zero-order chi connectivity index (χ0) is 12.5. The lowest BCUT2D eigenvalue weighted by molar-refractivity contribution is -0.117. The van der Waals surface area contributed by atoms with Crippen LogP contribution in [-0.2, 0) is 4.79 Å². The number of hydrogen-bond acceptors (Lipinski definition) is 3. The highest BCUT2D eigenvalue weighted by atomic mass is 16.5. The summed E-state index contributed by atoms with van der Waals surface area (Å²) in [5.41, 5.74) is 1.23. The second-order valence-corrected chi connectivity index (χ2v) is 4.67. The van der Waals surface area contributed by atoms with Crippen LogP contribution in [0.25, 0.3) is 0 Å². The van der Waals surface area contributed by atoms with E-state index in [1.54, 1.807) is 13.0 Å². The van der Waals surface area contributed by atoms with Gasteiger partial charge in [0.15, 0.2) is 5.82 Å². The average molecular weight is 242 g/mol. The van der Waals surface area contributed by atoms with Crippen LogP contribution in [0, 0.1) is 12.8 Å². The first-order valence-electron chi connectivity index (χ1n) is 6.03. The number of anilines is 1. The number of aromatic nitrogens is 1. The summed E-state index contributed by atoms with van der Waals surface area (Å²) in [6, 6.07) is 11.8.